The molecule has 1 atom stereocenters. The normalized spacial score (nSPS) is 20.9. The standard InChI is InChI=1S/C13H20ClN3/c1-2-17-7-3-4-12(17)9-16-8-11-5-6-15-10-13(11)14/h5-6,10,12,16H,2-4,7-9H2,1H3. The number of hydrogen-bond acceptors (Lipinski definition) is 3. The smallest absolute Gasteiger partial charge is 0.0634 e. The van der Waals surface area contributed by atoms with E-state index in [1.807, 2.05) is 6.07 Å². The molecule has 0 amide bonds. The third-order valence-electron chi connectivity index (χ3n) is 3.46. The minimum absolute atomic E-state index is 0.695. The SMILES string of the molecule is CCN1CCCC1CNCc1ccncc1Cl. The lowest BCUT2D eigenvalue weighted by Gasteiger charge is -2.23. The van der Waals surface area contributed by atoms with Crippen molar-refractivity contribution < 1.29 is 0 Å². The van der Waals surface area contributed by atoms with Gasteiger partial charge in [0.2, 0.25) is 0 Å². The van der Waals surface area contributed by atoms with Crippen LogP contribution in [0.1, 0.15) is 25.3 Å². The first-order valence-electron chi connectivity index (χ1n) is 6.34. The third-order valence-corrected chi connectivity index (χ3v) is 3.80. The molecule has 0 radical (unpaired) electrons. The van der Waals surface area contributed by atoms with Crippen LogP contribution in [0.15, 0.2) is 18.5 Å². The van der Waals surface area contributed by atoms with E-state index < -0.39 is 0 Å². The summed E-state index contributed by atoms with van der Waals surface area (Å²) < 4.78 is 0. The molecule has 2 rings (SSSR count). The van der Waals surface area contributed by atoms with E-state index >= 15 is 0 Å². The lowest BCUT2D eigenvalue weighted by Crippen LogP contribution is -2.37. The molecule has 1 aliphatic rings. The molecule has 3 nitrogen and oxygen atoms in total. The average Bonchev–Trinajstić information content (AvgIpc) is 2.79. The van der Waals surface area contributed by atoms with Crippen molar-refractivity contribution in [3.05, 3.63) is 29.0 Å². The van der Waals surface area contributed by atoms with Crippen LogP contribution in [0.5, 0.6) is 0 Å². The van der Waals surface area contributed by atoms with Crippen molar-refractivity contribution in [1.29, 1.82) is 0 Å². The highest BCUT2D eigenvalue weighted by atomic mass is 35.5. The fraction of sp³-hybridized carbons (Fsp3) is 0.615. The van der Waals surface area contributed by atoms with Crippen LogP contribution in [-0.4, -0.2) is 35.6 Å². The van der Waals surface area contributed by atoms with E-state index in [-0.39, 0.29) is 0 Å². The molecule has 1 N–H and O–H groups in total. The molecule has 17 heavy (non-hydrogen) atoms. The van der Waals surface area contributed by atoms with Crippen molar-refractivity contribution in [2.75, 3.05) is 19.6 Å². The summed E-state index contributed by atoms with van der Waals surface area (Å²) in [5, 5.41) is 4.24. The Labute approximate surface area is 108 Å². The zero-order chi connectivity index (χ0) is 12.1. The van der Waals surface area contributed by atoms with Crippen molar-refractivity contribution in [1.82, 2.24) is 15.2 Å². The predicted molar refractivity (Wildman–Crippen MR) is 71.2 cm³/mol. The van der Waals surface area contributed by atoms with E-state index in [2.05, 4.69) is 22.1 Å². The largest absolute Gasteiger partial charge is 0.311 e. The van der Waals surface area contributed by atoms with Crippen molar-refractivity contribution >= 4 is 11.6 Å². The molecule has 4 heteroatoms. The van der Waals surface area contributed by atoms with Crippen LogP contribution in [0.3, 0.4) is 0 Å². The molecule has 2 heterocycles. The zero-order valence-electron chi connectivity index (χ0n) is 10.3. The summed E-state index contributed by atoms with van der Waals surface area (Å²) in [5.74, 6) is 0. The molecule has 0 aliphatic carbocycles. The number of aromatic nitrogens is 1. The molecule has 94 valence electrons. The number of rotatable bonds is 5. The van der Waals surface area contributed by atoms with Gasteiger partial charge in [-0.3, -0.25) is 9.88 Å². The molecule has 0 saturated carbocycles. The van der Waals surface area contributed by atoms with Crippen molar-refractivity contribution in [3.8, 4) is 0 Å². The maximum atomic E-state index is 6.06. The quantitative estimate of drug-likeness (QED) is 0.873. The van der Waals surface area contributed by atoms with Gasteiger partial charge in [0.1, 0.15) is 0 Å². The van der Waals surface area contributed by atoms with E-state index in [9.17, 15) is 0 Å². The van der Waals surface area contributed by atoms with Crippen LogP contribution in [-0.2, 0) is 6.54 Å². The Bertz CT molecular complexity index is 356. The number of pyridine rings is 1. The lowest BCUT2D eigenvalue weighted by atomic mass is 10.2. The fourth-order valence-corrected chi connectivity index (χ4v) is 2.65. The van der Waals surface area contributed by atoms with E-state index in [0.717, 1.165) is 30.2 Å². The minimum Gasteiger partial charge on any atom is -0.311 e. The Balaban J connectivity index is 1.78. The van der Waals surface area contributed by atoms with Crippen molar-refractivity contribution in [2.45, 2.75) is 32.4 Å². The molecule has 1 aromatic rings. The first-order valence-corrected chi connectivity index (χ1v) is 6.72. The maximum Gasteiger partial charge on any atom is 0.0634 e. The minimum atomic E-state index is 0.695. The average molecular weight is 254 g/mol. The molecular formula is C13H20ClN3. The summed E-state index contributed by atoms with van der Waals surface area (Å²) in [6, 6.07) is 2.67. The van der Waals surface area contributed by atoms with Gasteiger partial charge in [0, 0.05) is 31.5 Å². The van der Waals surface area contributed by atoms with Crippen LogP contribution in [0.2, 0.25) is 5.02 Å². The molecule has 1 aliphatic heterocycles. The molecule has 1 fully saturated rings. The fourth-order valence-electron chi connectivity index (χ4n) is 2.46. The summed E-state index contributed by atoms with van der Waals surface area (Å²) in [7, 11) is 0. The number of likely N-dealkylation sites (tertiary alicyclic amines) is 1. The topological polar surface area (TPSA) is 28.2 Å². The third kappa shape index (κ3) is 3.41. The van der Waals surface area contributed by atoms with Crippen LogP contribution < -0.4 is 5.32 Å². The van der Waals surface area contributed by atoms with Gasteiger partial charge in [0.15, 0.2) is 0 Å². The van der Waals surface area contributed by atoms with Crippen molar-refractivity contribution in [2.24, 2.45) is 0 Å². The molecule has 1 aromatic heterocycles. The molecule has 0 aromatic carbocycles. The Kier molecular flexibility index (Phi) is 4.77. The highest BCUT2D eigenvalue weighted by Gasteiger charge is 2.22. The van der Waals surface area contributed by atoms with Crippen LogP contribution in [0.25, 0.3) is 0 Å². The first-order chi connectivity index (χ1) is 8.31. The predicted octanol–water partition coefficient (Wildman–Crippen LogP) is 2.31. The van der Waals surface area contributed by atoms with Gasteiger partial charge in [-0.2, -0.15) is 0 Å². The van der Waals surface area contributed by atoms with Crippen molar-refractivity contribution in [3.63, 3.8) is 0 Å². The van der Waals surface area contributed by atoms with E-state index in [1.54, 1.807) is 12.4 Å². The van der Waals surface area contributed by atoms with Crippen LogP contribution in [0.4, 0.5) is 0 Å². The van der Waals surface area contributed by atoms with Crippen LogP contribution >= 0.6 is 11.6 Å². The summed E-state index contributed by atoms with van der Waals surface area (Å²) in [6.07, 6.45) is 6.13. The maximum absolute atomic E-state index is 6.06. The second kappa shape index (κ2) is 6.34. The van der Waals surface area contributed by atoms with Gasteiger partial charge < -0.3 is 5.32 Å². The number of nitrogens with zero attached hydrogens (tertiary/aromatic N) is 2. The molecule has 0 spiro atoms. The number of halogens is 1. The second-order valence-corrected chi connectivity index (χ2v) is 4.93. The Morgan fingerprint density at radius 3 is 3.24 bits per heavy atom. The van der Waals surface area contributed by atoms with Gasteiger partial charge in [-0.15, -0.1) is 0 Å². The molecule has 0 bridgehead atoms. The summed E-state index contributed by atoms with van der Waals surface area (Å²) in [6.45, 7) is 6.52. The molecular weight excluding hydrogens is 234 g/mol. The second-order valence-electron chi connectivity index (χ2n) is 4.52. The van der Waals surface area contributed by atoms with Gasteiger partial charge >= 0.3 is 0 Å². The highest BCUT2D eigenvalue weighted by Crippen LogP contribution is 2.16. The molecule has 1 unspecified atom stereocenters. The summed E-state index contributed by atoms with van der Waals surface area (Å²) >= 11 is 6.06. The van der Waals surface area contributed by atoms with E-state index in [0.29, 0.717) is 6.04 Å². The van der Waals surface area contributed by atoms with Gasteiger partial charge in [0.25, 0.3) is 0 Å². The van der Waals surface area contributed by atoms with Gasteiger partial charge in [0.05, 0.1) is 5.02 Å². The first kappa shape index (κ1) is 12.8. The molecule has 1 saturated heterocycles. The van der Waals surface area contributed by atoms with Gasteiger partial charge in [-0.1, -0.05) is 18.5 Å². The Morgan fingerprint density at radius 2 is 2.47 bits per heavy atom. The Morgan fingerprint density at radius 1 is 1.59 bits per heavy atom. The van der Waals surface area contributed by atoms with Gasteiger partial charge in [-0.05, 0) is 37.6 Å². The Hall–Kier alpha value is -0.640. The summed E-state index contributed by atoms with van der Waals surface area (Å²) in [5.41, 5.74) is 1.13. The van der Waals surface area contributed by atoms with Crippen LogP contribution in [0, 0.1) is 0 Å². The number of likely N-dealkylation sites (N-methyl/N-ethyl adjacent to an activating group) is 1. The monoisotopic (exact) mass is 253 g/mol. The highest BCUT2D eigenvalue weighted by molar-refractivity contribution is 6.31. The lowest BCUT2D eigenvalue weighted by molar-refractivity contribution is 0.260. The zero-order valence-corrected chi connectivity index (χ0v) is 11.1. The number of nitrogens with one attached hydrogen (secondary N) is 1. The number of hydrogen-bond donors (Lipinski definition) is 1. The van der Waals surface area contributed by atoms with E-state index in [4.69, 9.17) is 11.6 Å². The summed E-state index contributed by atoms with van der Waals surface area (Å²) in [4.78, 5) is 6.53. The van der Waals surface area contributed by atoms with E-state index in [1.165, 1.54) is 19.4 Å². The van der Waals surface area contributed by atoms with Gasteiger partial charge in [-0.25, -0.2) is 0 Å².